The lowest BCUT2D eigenvalue weighted by molar-refractivity contribution is 0.162. The normalized spacial score (nSPS) is 18.0. The molecule has 0 atom stereocenters. The minimum atomic E-state index is 0.925. The lowest BCUT2D eigenvalue weighted by atomic mass is 10.2. The highest BCUT2D eigenvalue weighted by molar-refractivity contribution is 5.48. The first-order valence-corrected chi connectivity index (χ1v) is 6.15. The summed E-state index contributed by atoms with van der Waals surface area (Å²) in [6.07, 6.45) is 8.39. The topological polar surface area (TPSA) is 15.3 Å². The Hall–Kier alpha value is -1.12. The zero-order valence-corrected chi connectivity index (χ0v) is 9.73. The molecule has 1 heterocycles. The molecule has 0 bridgehead atoms. The molecule has 1 N–H and O–H groups in total. The van der Waals surface area contributed by atoms with E-state index < -0.39 is 0 Å². The molecule has 86 valence electrons. The zero-order chi connectivity index (χ0) is 11.1. The highest BCUT2D eigenvalue weighted by atomic mass is 15.5. The van der Waals surface area contributed by atoms with Crippen LogP contribution < -0.4 is 5.43 Å². The lowest BCUT2D eigenvalue weighted by Crippen LogP contribution is -2.41. The first-order chi connectivity index (χ1) is 7.95. The van der Waals surface area contributed by atoms with Crippen molar-refractivity contribution in [1.29, 1.82) is 0 Å². The minimum absolute atomic E-state index is 0.925. The third-order valence-electron chi connectivity index (χ3n) is 2.90. The molecule has 0 aliphatic carbocycles. The Balaban J connectivity index is 1.69. The van der Waals surface area contributed by atoms with E-state index in [1.54, 1.807) is 0 Å². The second kappa shape index (κ2) is 6.46. The van der Waals surface area contributed by atoms with Crippen molar-refractivity contribution in [1.82, 2.24) is 10.4 Å². The average molecular weight is 216 g/mol. The van der Waals surface area contributed by atoms with Crippen LogP contribution in [-0.4, -0.2) is 24.6 Å². The van der Waals surface area contributed by atoms with Crippen molar-refractivity contribution < 1.29 is 0 Å². The summed E-state index contributed by atoms with van der Waals surface area (Å²) < 4.78 is 0. The second-order valence-electron chi connectivity index (χ2n) is 4.22. The maximum Gasteiger partial charge on any atom is 0.0286 e. The molecule has 0 amide bonds. The quantitative estimate of drug-likeness (QED) is 0.832. The van der Waals surface area contributed by atoms with Crippen LogP contribution in [0.4, 0.5) is 0 Å². The van der Waals surface area contributed by atoms with Gasteiger partial charge in [-0.3, -0.25) is 5.43 Å². The molecule has 0 saturated carbocycles. The number of rotatable bonds is 4. The number of hydrogen-bond donors (Lipinski definition) is 1. The van der Waals surface area contributed by atoms with Crippen molar-refractivity contribution in [3.05, 3.63) is 42.0 Å². The molecule has 2 nitrogen and oxygen atoms in total. The van der Waals surface area contributed by atoms with E-state index >= 15 is 0 Å². The summed E-state index contributed by atoms with van der Waals surface area (Å²) in [5.41, 5.74) is 4.70. The molecule has 1 aliphatic rings. The molecule has 0 spiro atoms. The number of piperidine rings is 1. The Kier molecular flexibility index (Phi) is 4.59. The third kappa shape index (κ3) is 3.80. The lowest BCUT2D eigenvalue weighted by Gasteiger charge is -2.26. The van der Waals surface area contributed by atoms with Gasteiger partial charge in [-0.05, 0) is 18.4 Å². The summed E-state index contributed by atoms with van der Waals surface area (Å²) in [6.45, 7) is 3.31. The van der Waals surface area contributed by atoms with Gasteiger partial charge in [0.25, 0.3) is 0 Å². The smallest absolute Gasteiger partial charge is 0.0286 e. The van der Waals surface area contributed by atoms with Gasteiger partial charge in [-0.1, -0.05) is 48.9 Å². The van der Waals surface area contributed by atoms with Crippen LogP contribution in [0.1, 0.15) is 24.8 Å². The van der Waals surface area contributed by atoms with Crippen LogP contribution >= 0.6 is 0 Å². The van der Waals surface area contributed by atoms with Crippen molar-refractivity contribution in [3.8, 4) is 0 Å². The predicted octanol–water partition coefficient (Wildman–Crippen LogP) is 2.69. The van der Waals surface area contributed by atoms with Crippen molar-refractivity contribution in [2.24, 2.45) is 0 Å². The Morgan fingerprint density at radius 1 is 1.06 bits per heavy atom. The molecular formula is C14H20N2. The van der Waals surface area contributed by atoms with Crippen molar-refractivity contribution in [3.63, 3.8) is 0 Å². The molecule has 1 saturated heterocycles. The molecule has 0 radical (unpaired) electrons. The van der Waals surface area contributed by atoms with E-state index in [0.717, 1.165) is 6.54 Å². The number of hydrazine groups is 1. The molecule has 2 rings (SSSR count). The van der Waals surface area contributed by atoms with Gasteiger partial charge in [-0.25, -0.2) is 5.01 Å². The molecule has 0 unspecified atom stereocenters. The molecule has 16 heavy (non-hydrogen) atoms. The average Bonchev–Trinajstić information content (AvgIpc) is 2.37. The summed E-state index contributed by atoms with van der Waals surface area (Å²) in [5, 5.41) is 2.33. The SMILES string of the molecule is C(=C\c1ccccc1)/CNN1CCCCC1. The number of hydrogen-bond acceptors (Lipinski definition) is 2. The van der Waals surface area contributed by atoms with Gasteiger partial charge < -0.3 is 0 Å². The molecule has 2 heteroatoms. The summed E-state index contributed by atoms with van der Waals surface area (Å²) in [5.74, 6) is 0. The first-order valence-electron chi connectivity index (χ1n) is 6.15. The first kappa shape index (κ1) is 11.4. The van der Waals surface area contributed by atoms with Gasteiger partial charge in [0, 0.05) is 19.6 Å². The number of nitrogens with one attached hydrogen (secondary N) is 1. The zero-order valence-electron chi connectivity index (χ0n) is 9.73. The van der Waals surface area contributed by atoms with Crippen LogP contribution in [0.15, 0.2) is 36.4 Å². The van der Waals surface area contributed by atoms with Crippen molar-refractivity contribution in [2.75, 3.05) is 19.6 Å². The monoisotopic (exact) mass is 216 g/mol. The Labute approximate surface area is 97.9 Å². The van der Waals surface area contributed by atoms with Crippen LogP contribution in [0.5, 0.6) is 0 Å². The van der Waals surface area contributed by atoms with Gasteiger partial charge in [-0.2, -0.15) is 0 Å². The van der Waals surface area contributed by atoms with E-state index in [1.807, 2.05) is 6.07 Å². The van der Waals surface area contributed by atoms with Crippen LogP contribution in [0.3, 0.4) is 0 Å². The van der Waals surface area contributed by atoms with Gasteiger partial charge in [0.15, 0.2) is 0 Å². The minimum Gasteiger partial charge on any atom is -0.251 e. The van der Waals surface area contributed by atoms with E-state index in [9.17, 15) is 0 Å². The van der Waals surface area contributed by atoms with Crippen LogP contribution in [0.2, 0.25) is 0 Å². The molecule has 1 aromatic rings. The van der Waals surface area contributed by atoms with E-state index in [0.29, 0.717) is 0 Å². The Bertz CT molecular complexity index is 313. The van der Waals surface area contributed by atoms with Crippen molar-refractivity contribution >= 4 is 6.08 Å². The van der Waals surface area contributed by atoms with Crippen LogP contribution in [0.25, 0.3) is 6.08 Å². The Morgan fingerprint density at radius 3 is 2.56 bits per heavy atom. The number of nitrogens with zero attached hydrogens (tertiary/aromatic N) is 1. The van der Waals surface area contributed by atoms with E-state index in [1.165, 1.54) is 37.9 Å². The fraction of sp³-hybridized carbons (Fsp3) is 0.429. The van der Waals surface area contributed by atoms with Gasteiger partial charge in [0.05, 0.1) is 0 Å². The van der Waals surface area contributed by atoms with E-state index in [-0.39, 0.29) is 0 Å². The third-order valence-corrected chi connectivity index (χ3v) is 2.90. The Morgan fingerprint density at radius 2 is 1.81 bits per heavy atom. The largest absolute Gasteiger partial charge is 0.251 e. The highest BCUT2D eigenvalue weighted by Gasteiger charge is 2.07. The molecule has 1 aliphatic heterocycles. The highest BCUT2D eigenvalue weighted by Crippen LogP contribution is 2.05. The molecule has 0 aromatic heterocycles. The van der Waals surface area contributed by atoms with Gasteiger partial charge >= 0.3 is 0 Å². The predicted molar refractivity (Wildman–Crippen MR) is 68.9 cm³/mol. The maximum absolute atomic E-state index is 3.44. The molecule has 1 fully saturated rings. The van der Waals surface area contributed by atoms with Gasteiger partial charge in [0.2, 0.25) is 0 Å². The van der Waals surface area contributed by atoms with Crippen LogP contribution in [0, 0.1) is 0 Å². The standard InChI is InChI=1S/C14H20N2/c1-3-8-14(9-4-1)10-7-11-15-16-12-5-2-6-13-16/h1,3-4,7-10,15H,2,5-6,11-13H2/b10-7+. The number of benzene rings is 1. The fourth-order valence-electron chi connectivity index (χ4n) is 1.99. The van der Waals surface area contributed by atoms with E-state index in [2.05, 4.69) is 46.9 Å². The second-order valence-corrected chi connectivity index (χ2v) is 4.22. The van der Waals surface area contributed by atoms with Crippen molar-refractivity contribution in [2.45, 2.75) is 19.3 Å². The fourth-order valence-corrected chi connectivity index (χ4v) is 1.99. The summed E-state index contributed by atoms with van der Waals surface area (Å²) >= 11 is 0. The molecule has 1 aromatic carbocycles. The summed E-state index contributed by atoms with van der Waals surface area (Å²) in [4.78, 5) is 0. The van der Waals surface area contributed by atoms with Crippen LogP contribution in [-0.2, 0) is 0 Å². The summed E-state index contributed by atoms with van der Waals surface area (Å²) in [7, 11) is 0. The van der Waals surface area contributed by atoms with Gasteiger partial charge in [0.1, 0.15) is 0 Å². The van der Waals surface area contributed by atoms with E-state index in [4.69, 9.17) is 0 Å². The van der Waals surface area contributed by atoms with Gasteiger partial charge in [-0.15, -0.1) is 0 Å². The summed E-state index contributed by atoms with van der Waals surface area (Å²) in [6, 6.07) is 10.4. The molecular weight excluding hydrogens is 196 g/mol. The maximum atomic E-state index is 3.44.